The number of carbonyl (C=O) groups is 2. The van der Waals surface area contributed by atoms with E-state index in [1.807, 2.05) is 0 Å². The molecule has 0 aliphatic heterocycles. The third-order valence-corrected chi connectivity index (χ3v) is 2.56. The van der Waals surface area contributed by atoms with Crippen LogP contribution in [0.15, 0.2) is 48.5 Å². The van der Waals surface area contributed by atoms with Crippen LogP contribution in [0.4, 0.5) is 17.1 Å². The highest BCUT2D eigenvalue weighted by molar-refractivity contribution is 5.88. The van der Waals surface area contributed by atoms with Crippen molar-refractivity contribution in [3.8, 4) is 0 Å². The van der Waals surface area contributed by atoms with Crippen LogP contribution in [0.1, 0.15) is 10.4 Å². The van der Waals surface area contributed by atoms with Crippen molar-refractivity contribution in [1.29, 1.82) is 0 Å². The minimum atomic E-state index is 0.523. The summed E-state index contributed by atoms with van der Waals surface area (Å²) in [6, 6.07) is 13.8. The molecular weight excluding hydrogens is 228 g/mol. The smallest absolute Gasteiger partial charge is 0.218 e. The molecule has 4 heteroatoms. The summed E-state index contributed by atoms with van der Waals surface area (Å²) >= 11 is 0. The van der Waals surface area contributed by atoms with Crippen LogP contribution >= 0.6 is 0 Å². The molecule has 0 aromatic heterocycles. The van der Waals surface area contributed by atoms with Crippen molar-refractivity contribution in [3.63, 3.8) is 0 Å². The predicted octanol–water partition coefficient (Wildman–Crippen LogP) is 2.38. The lowest BCUT2D eigenvalue weighted by molar-refractivity contribution is -0.106. The molecule has 0 spiro atoms. The lowest BCUT2D eigenvalue weighted by Crippen LogP contribution is -2.14. The highest BCUT2D eigenvalue weighted by Crippen LogP contribution is 2.24. The van der Waals surface area contributed by atoms with Gasteiger partial charge >= 0.3 is 0 Å². The molecule has 0 aliphatic carbocycles. The van der Waals surface area contributed by atoms with Crippen LogP contribution < -0.4 is 10.6 Å². The van der Waals surface area contributed by atoms with Crippen LogP contribution in [0.5, 0.6) is 0 Å². The van der Waals surface area contributed by atoms with Crippen LogP contribution in [-0.4, -0.2) is 12.7 Å². The SMILES string of the molecule is Nc1ccc(N(C=O)c2cccc(C=O)c2)cc1. The van der Waals surface area contributed by atoms with Crippen LogP contribution in [0, 0.1) is 0 Å². The normalized spacial score (nSPS) is 9.78. The van der Waals surface area contributed by atoms with Crippen molar-refractivity contribution < 1.29 is 9.59 Å². The topological polar surface area (TPSA) is 63.4 Å². The van der Waals surface area contributed by atoms with Crippen molar-refractivity contribution in [2.75, 3.05) is 10.6 Å². The Kier molecular flexibility index (Phi) is 3.38. The number of nitrogen functional groups attached to an aromatic ring is 1. The minimum absolute atomic E-state index is 0.523. The number of nitrogens with zero attached hydrogens (tertiary/aromatic N) is 1. The molecule has 0 fully saturated rings. The Labute approximate surface area is 105 Å². The minimum Gasteiger partial charge on any atom is -0.399 e. The maximum Gasteiger partial charge on any atom is 0.218 e. The standard InChI is InChI=1S/C14H12N2O2/c15-12-4-6-13(7-5-12)16(10-18)14-3-1-2-11(8-14)9-17/h1-10H,15H2. The van der Waals surface area contributed by atoms with E-state index in [4.69, 9.17) is 5.73 Å². The van der Waals surface area contributed by atoms with E-state index in [0.717, 1.165) is 6.29 Å². The van der Waals surface area contributed by atoms with Gasteiger partial charge in [-0.1, -0.05) is 12.1 Å². The third kappa shape index (κ3) is 2.38. The summed E-state index contributed by atoms with van der Waals surface area (Å²) in [7, 11) is 0. The average Bonchev–Trinajstić information content (AvgIpc) is 2.42. The van der Waals surface area contributed by atoms with Gasteiger partial charge in [-0.05, 0) is 36.4 Å². The van der Waals surface area contributed by atoms with Gasteiger partial charge in [0.1, 0.15) is 6.29 Å². The Bertz CT molecular complexity index is 564. The van der Waals surface area contributed by atoms with E-state index in [2.05, 4.69) is 0 Å². The highest BCUT2D eigenvalue weighted by Gasteiger charge is 2.08. The number of carbonyl (C=O) groups excluding carboxylic acids is 2. The Hall–Kier alpha value is -2.62. The van der Waals surface area contributed by atoms with Gasteiger partial charge in [0, 0.05) is 22.6 Å². The molecule has 0 bridgehead atoms. The van der Waals surface area contributed by atoms with E-state index in [0.29, 0.717) is 29.0 Å². The van der Waals surface area contributed by atoms with Crippen molar-refractivity contribution in [1.82, 2.24) is 0 Å². The maximum atomic E-state index is 11.2. The van der Waals surface area contributed by atoms with Crippen molar-refractivity contribution in [2.24, 2.45) is 0 Å². The number of nitrogens with two attached hydrogens (primary N) is 1. The van der Waals surface area contributed by atoms with E-state index in [-0.39, 0.29) is 0 Å². The molecule has 0 atom stereocenters. The summed E-state index contributed by atoms with van der Waals surface area (Å²) in [5, 5.41) is 0. The predicted molar refractivity (Wildman–Crippen MR) is 70.9 cm³/mol. The molecule has 2 aromatic carbocycles. The van der Waals surface area contributed by atoms with Gasteiger partial charge in [0.05, 0.1) is 0 Å². The summed E-state index contributed by atoms with van der Waals surface area (Å²) < 4.78 is 0. The van der Waals surface area contributed by atoms with Gasteiger partial charge in [-0.2, -0.15) is 0 Å². The monoisotopic (exact) mass is 240 g/mol. The molecule has 2 aromatic rings. The van der Waals surface area contributed by atoms with Gasteiger partial charge in [0.2, 0.25) is 6.41 Å². The zero-order chi connectivity index (χ0) is 13.0. The fraction of sp³-hybridized carbons (Fsp3) is 0. The van der Waals surface area contributed by atoms with E-state index in [9.17, 15) is 9.59 Å². The molecular formula is C14H12N2O2. The van der Waals surface area contributed by atoms with Crippen molar-refractivity contribution >= 4 is 29.8 Å². The van der Waals surface area contributed by atoms with Crippen LogP contribution in [-0.2, 0) is 4.79 Å². The average molecular weight is 240 g/mol. The Morgan fingerprint density at radius 2 is 1.67 bits per heavy atom. The summed E-state index contributed by atoms with van der Waals surface area (Å²) in [6.45, 7) is 0. The second-order valence-corrected chi connectivity index (χ2v) is 3.78. The van der Waals surface area contributed by atoms with Gasteiger partial charge in [-0.15, -0.1) is 0 Å². The first kappa shape index (κ1) is 11.9. The summed E-state index contributed by atoms with van der Waals surface area (Å²) in [6.07, 6.45) is 1.45. The zero-order valence-corrected chi connectivity index (χ0v) is 9.61. The number of anilines is 3. The quantitative estimate of drug-likeness (QED) is 0.659. The number of hydrogen-bond donors (Lipinski definition) is 1. The Balaban J connectivity index is 2.41. The lowest BCUT2D eigenvalue weighted by atomic mass is 10.2. The third-order valence-electron chi connectivity index (χ3n) is 2.56. The van der Waals surface area contributed by atoms with E-state index in [1.165, 1.54) is 4.90 Å². The molecule has 0 heterocycles. The van der Waals surface area contributed by atoms with E-state index >= 15 is 0 Å². The first-order valence-electron chi connectivity index (χ1n) is 5.40. The molecule has 0 aliphatic rings. The lowest BCUT2D eigenvalue weighted by Gasteiger charge is -2.17. The fourth-order valence-corrected chi connectivity index (χ4v) is 1.65. The maximum absolute atomic E-state index is 11.2. The molecule has 2 rings (SSSR count). The first-order chi connectivity index (χ1) is 8.74. The van der Waals surface area contributed by atoms with Gasteiger partial charge in [-0.25, -0.2) is 0 Å². The summed E-state index contributed by atoms with van der Waals surface area (Å²) in [5.41, 5.74) is 8.09. The first-order valence-corrected chi connectivity index (χ1v) is 5.40. The van der Waals surface area contributed by atoms with Crippen LogP contribution in [0.3, 0.4) is 0 Å². The molecule has 2 N–H and O–H groups in total. The second-order valence-electron chi connectivity index (χ2n) is 3.78. The molecule has 18 heavy (non-hydrogen) atoms. The molecule has 0 saturated carbocycles. The van der Waals surface area contributed by atoms with Crippen LogP contribution in [0.25, 0.3) is 0 Å². The van der Waals surface area contributed by atoms with Crippen molar-refractivity contribution in [3.05, 3.63) is 54.1 Å². The second kappa shape index (κ2) is 5.14. The molecule has 90 valence electrons. The van der Waals surface area contributed by atoms with Crippen LogP contribution in [0.2, 0.25) is 0 Å². The van der Waals surface area contributed by atoms with Gasteiger partial charge in [0.25, 0.3) is 0 Å². The van der Waals surface area contributed by atoms with E-state index < -0.39 is 0 Å². The van der Waals surface area contributed by atoms with Gasteiger partial charge in [-0.3, -0.25) is 14.5 Å². The van der Waals surface area contributed by atoms with Gasteiger partial charge in [0.15, 0.2) is 0 Å². The Morgan fingerprint density at radius 1 is 0.944 bits per heavy atom. The molecule has 0 radical (unpaired) electrons. The largest absolute Gasteiger partial charge is 0.399 e. The number of amides is 1. The molecule has 0 unspecified atom stereocenters. The zero-order valence-electron chi connectivity index (χ0n) is 9.61. The number of hydrogen-bond acceptors (Lipinski definition) is 3. The Morgan fingerprint density at radius 3 is 2.28 bits per heavy atom. The van der Waals surface area contributed by atoms with E-state index in [1.54, 1.807) is 48.5 Å². The highest BCUT2D eigenvalue weighted by atomic mass is 16.1. The molecule has 0 saturated heterocycles. The molecule has 1 amide bonds. The van der Waals surface area contributed by atoms with Gasteiger partial charge < -0.3 is 5.73 Å². The van der Waals surface area contributed by atoms with Crippen molar-refractivity contribution in [2.45, 2.75) is 0 Å². The number of benzene rings is 2. The summed E-state index contributed by atoms with van der Waals surface area (Å²) in [4.78, 5) is 23.4. The number of aldehydes is 1. The fourth-order valence-electron chi connectivity index (χ4n) is 1.65. The number of rotatable bonds is 4. The summed E-state index contributed by atoms with van der Waals surface area (Å²) in [5.74, 6) is 0. The molecule has 4 nitrogen and oxygen atoms in total.